The second-order valence-electron chi connectivity index (χ2n) is 5.20. The zero-order valence-corrected chi connectivity index (χ0v) is 16.0. The molecule has 3 nitrogen and oxygen atoms in total. The van der Waals surface area contributed by atoms with Crippen molar-refractivity contribution in [3.63, 3.8) is 0 Å². The summed E-state index contributed by atoms with van der Waals surface area (Å²) in [6.45, 7) is 2.53. The molecule has 26 heavy (non-hydrogen) atoms. The predicted octanol–water partition coefficient (Wildman–Crippen LogP) is 5.45. The molecule has 2 aromatic rings. The molecule has 0 heterocycles. The van der Waals surface area contributed by atoms with Gasteiger partial charge >= 0.3 is 0 Å². The summed E-state index contributed by atoms with van der Waals surface area (Å²) < 4.78 is 10.8. The molecular weight excluding hydrogens is 368 g/mol. The van der Waals surface area contributed by atoms with Crippen molar-refractivity contribution in [2.24, 2.45) is 0 Å². The Kier molecular flexibility index (Phi) is 9.84. The van der Waals surface area contributed by atoms with Crippen molar-refractivity contribution in [3.8, 4) is 11.5 Å². The molecule has 0 saturated carbocycles. The molecule has 0 aromatic heterocycles. The van der Waals surface area contributed by atoms with Gasteiger partial charge in [-0.1, -0.05) is 36.4 Å². The number of benzene rings is 1. The Balaban J connectivity index is 0.000000486. The van der Waals surface area contributed by atoms with E-state index in [0.29, 0.717) is 12.4 Å². The largest absolute Gasteiger partial charge is 0.507 e. The fourth-order valence-electron chi connectivity index (χ4n) is 2.20. The monoisotopic (exact) mass is 391 g/mol. The van der Waals surface area contributed by atoms with Gasteiger partial charge in [0, 0.05) is 22.6 Å². The van der Waals surface area contributed by atoms with Gasteiger partial charge in [0.1, 0.15) is 5.76 Å². The van der Waals surface area contributed by atoms with E-state index in [1.54, 1.807) is 13.2 Å². The summed E-state index contributed by atoms with van der Waals surface area (Å²) in [5.41, 5.74) is 1.74. The first kappa shape index (κ1) is 21.5. The third kappa shape index (κ3) is 6.75. The van der Waals surface area contributed by atoms with Crippen LogP contribution in [-0.2, 0) is 17.1 Å². The van der Waals surface area contributed by atoms with Crippen LogP contribution in [0.5, 0.6) is 11.5 Å². The molecule has 1 N–H and O–H groups in total. The molecule has 0 aliphatic heterocycles. The maximum Gasteiger partial charge on any atom is 0.161 e. The number of methoxy groups -OCH3 is 1. The third-order valence-corrected chi connectivity index (χ3v) is 3.44. The van der Waals surface area contributed by atoms with Gasteiger partial charge in [-0.2, -0.15) is 18.2 Å². The average molecular weight is 391 g/mol. The third-order valence-electron chi connectivity index (χ3n) is 3.44. The number of aliphatic hydroxyl groups excluding tert-OH is 1. The van der Waals surface area contributed by atoms with Crippen LogP contribution in [0.15, 0.2) is 90.2 Å². The summed E-state index contributed by atoms with van der Waals surface area (Å²) in [6, 6.07) is 15.7. The van der Waals surface area contributed by atoms with Gasteiger partial charge in [-0.25, -0.2) is 12.1 Å². The number of ether oxygens (including phenoxy) is 2. The molecule has 0 radical (unpaired) electrons. The zero-order chi connectivity index (χ0) is 17.9. The number of hydrogen-bond acceptors (Lipinski definition) is 3. The van der Waals surface area contributed by atoms with Crippen LogP contribution in [0.25, 0.3) is 6.08 Å². The van der Waals surface area contributed by atoms with Gasteiger partial charge in [0.05, 0.1) is 13.7 Å². The first-order valence-electron chi connectivity index (χ1n) is 8.18. The van der Waals surface area contributed by atoms with Gasteiger partial charge < -0.3 is 14.6 Å². The Morgan fingerprint density at radius 3 is 2.35 bits per heavy atom. The molecule has 0 saturated heterocycles. The molecule has 0 unspecified atom stereocenters. The van der Waals surface area contributed by atoms with E-state index < -0.39 is 0 Å². The molecule has 4 heteroatoms. The molecule has 0 atom stereocenters. The predicted molar refractivity (Wildman–Crippen MR) is 103 cm³/mol. The van der Waals surface area contributed by atoms with E-state index in [4.69, 9.17) is 9.47 Å². The number of hydrogen-bond donors (Lipinski definition) is 1. The summed E-state index contributed by atoms with van der Waals surface area (Å²) in [7, 11) is 1.61. The van der Waals surface area contributed by atoms with E-state index in [9.17, 15) is 5.11 Å². The van der Waals surface area contributed by atoms with Gasteiger partial charge in [-0.3, -0.25) is 0 Å². The van der Waals surface area contributed by atoms with Crippen LogP contribution in [0.4, 0.5) is 0 Å². The van der Waals surface area contributed by atoms with Crippen molar-refractivity contribution in [1.29, 1.82) is 0 Å². The molecule has 2 aromatic carbocycles. The van der Waals surface area contributed by atoms with Crippen LogP contribution >= 0.6 is 0 Å². The fourth-order valence-corrected chi connectivity index (χ4v) is 2.20. The smallest absolute Gasteiger partial charge is 0.161 e. The minimum absolute atomic E-state index is 0. The Hall–Kier alpha value is -2.55. The van der Waals surface area contributed by atoms with Crippen molar-refractivity contribution < 1.29 is 31.6 Å². The van der Waals surface area contributed by atoms with Gasteiger partial charge in [0.2, 0.25) is 0 Å². The normalized spacial score (nSPS) is 11.7. The van der Waals surface area contributed by atoms with Crippen LogP contribution < -0.4 is 9.47 Å². The Morgan fingerprint density at radius 1 is 1.12 bits per heavy atom. The minimum Gasteiger partial charge on any atom is -0.507 e. The van der Waals surface area contributed by atoms with E-state index in [2.05, 4.69) is 0 Å². The quantitative estimate of drug-likeness (QED) is 0.419. The molecule has 1 aliphatic rings. The standard InChI is InChI=1S/C17H18O3.C5H5.Fe/c1-3-20-16-11-9-13(12-17(16)19-2)8-10-15(18)14-6-4-5-7-14;1-2-4-5-3-1;/h4-12,18H,3H2,1-2H3;1-5H;/q;-1;. The second-order valence-corrected chi connectivity index (χ2v) is 5.20. The summed E-state index contributed by atoms with van der Waals surface area (Å²) in [5, 5.41) is 9.91. The molecule has 0 fully saturated rings. The van der Waals surface area contributed by atoms with Crippen LogP contribution in [0.3, 0.4) is 0 Å². The molecule has 0 spiro atoms. The van der Waals surface area contributed by atoms with Crippen molar-refractivity contribution in [3.05, 3.63) is 95.8 Å². The number of aliphatic hydroxyl groups is 1. The summed E-state index contributed by atoms with van der Waals surface area (Å²) in [5.74, 6) is 1.64. The van der Waals surface area contributed by atoms with Crippen LogP contribution in [0.2, 0.25) is 0 Å². The van der Waals surface area contributed by atoms with E-state index in [-0.39, 0.29) is 22.8 Å². The van der Waals surface area contributed by atoms with E-state index >= 15 is 0 Å². The maximum absolute atomic E-state index is 9.91. The number of allylic oxidation sites excluding steroid dienone is 6. The van der Waals surface area contributed by atoms with Crippen molar-refractivity contribution in [1.82, 2.24) is 0 Å². The van der Waals surface area contributed by atoms with E-state index in [1.807, 2.05) is 85.8 Å². The van der Waals surface area contributed by atoms with Gasteiger partial charge in [0.25, 0.3) is 0 Å². The zero-order valence-electron chi connectivity index (χ0n) is 14.9. The first-order valence-corrected chi connectivity index (χ1v) is 8.18. The molecule has 0 amide bonds. The van der Waals surface area contributed by atoms with E-state index in [1.165, 1.54) is 0 Å². The van der Waals surface area contributed by atoms with Crippen molar-refractivity contribution in [2.45, 2.75) is 6.92 Å². The maximum atomic E-state index is 9.91. The number of rotatable bonds is 5. The Labute approximate surface area is 165 Å². The molecule has 3 rings (SSSR count). The molecule has 138 valence electrons. The first-order chi connectivity index (χ1) is 12.2. The summed E-state index contributed by atoms with van der Waals surface area (Å²) in [6.07, 6.45) is 11.0. The van der Waals surface area contributed by atoms with Crippen LogP contribution in [-0.4, -0.2) is 18.8 Å². The molecule has 0 bridgehead atoms. The Bertz CT molecular complexity index is 737. The SMILES string of the molecule is CCOc1ccc(C=CC(O)=C2C=CC=C2)cc1OC.[Fe].c1cc[cH-]c1. The van der Waals surface area contributed by atoms with Gasteiger partial charge in [0.15, 0.2) is 11.5 Å². The minimum atomic E-state index is 0. The Morgan fingerprint density at radius 2 is 1.81 bits per heavy atom. The van der Waals surface area contributed by atoms with Gasteiger partial charge in [-0.05, 0) is 30.7 Å². The average Bonchev–Trinajstić information content (AvgIpc) is 3.36. The van der Waals surface area contributed by atoms with Crippen molar-refractivity contribution in [2.75, 3.05) is 13.7 Å². The van der Waals surface area contributed by atoms with Crippen LogP contribution in [0, 0.1) is 0 Å². The summed E-state index contributed by atoms with van der Waals surface area (Å²) in [4.78, 5) is 0. The van der Waals surface area contributed by atoms with E-state index in [0.717, 1.165) is 16.9 Å². The van der Waals surface area contributed by atoms with Gasteiger partial charge in [-0.15, -0.1) is 0 Å². The van der Waals surface area contributed by atoms with Crippen LogP contribution in [0.1, 0.15) is 12.5 Å². The molecule has 1 aliphatic carbocycles. The molecular formula is C22H23FeO3-. The summed E-state index contributed by atoms with van der Waals surface area (Å²) >= 11 is 0. The fraction of sp³-hybridized carbons (Fsp3) is 0.136. The second kappa shape index (κ2) is 11.9. The van der Waals surface area contributed by atoms with Crippen molar-refractivity contribution >= 4 is 6.08 Å². The topological polar surface area (TPSA) is 38.7 Å².